The van der Waals surface area contributed by atoms with Crippen molar-refractivity contribution in [3.05, 3.63) is 97.2 Å². The van der Waals surface area contributed by atoms with Crippen molar-refractivity contribution in [1.29, 1.82) is 0 Å². The van der Waals surface area contributed by atoms with Gasteiger partial charge in [0.05, 0.1) is 6.61 Å². The molecule has 0 amide bonds. The van der Waals surface area contributed by atoms with Crippen molar-refractivity contribution in [2.45, 2.75) is 302 Å². The number of esters is 3. The number of ether oxygens (including phenoxy) is 5. The van der Waals surface area contributed by atoms with Crippen LogP contribution in [0.25, 0.3) is 0 Å². The fourth-order valence-corrected chi connectivity index (χ4v) is 9.26. The number of aliphatic hydroxyl groups excluding tert-OH is 2. The van der Waals surface area contributed by atoms with Crippen molar-refractivity contribution >= 4 is 23.9 Å². The minimum Gasteiger partial charge on any atom is -0.479 e. The van der Waals surface area contributed by atoms with Gasteiger partial charge in [-0.1, -0.05) is 259 Å². The monoisotopic (exact) mass is 1130 g/mol. The second-order valence-electron chi connectivity index (χ2n) is 21.7. The molecule has 12 heteroatoms. The van der Waals surface area contributed by atoms with Crippen LogP contribution >= 0.6 is 0 Å². The van der Waals surface area contributed by atoms with Gasteiger partial charge in [-0.3, -0.25) is 14.4 Å². The Morgan fingerprint density at radius 1 is 0.420 bits per heavy atom. The second kappa shape index (κ2) is 56.1. The average molecular weight is 1140 g/mol. The standard InChI is InChI=1S/C69H114O12/c1-4-7-10-13-16-19-22-25-27-29-31-33-35-38-40-43-46-49-52-55-61(70)77-58-60(79-62(71)56-53-50-47-44-41-37-24-21-18-15-12-9-6-3)59-78-69-67(65(74)64(73)66(81-69)68(75)76)80-63(72)57-54-51-48-45-42-39-36-34-32-30-28-26-23-20-17-14-11-8-5-2/h7,10,12,15-16,19,21,24-25,27,31,33,38,40,46,49,60,64-67,69,73-74H,4-6,8-9,11,13-14,17-18,20,22-23,26,28-30,32,34-37,39,41-45,47-48,50-59H2,1-3H3,(H,75,76)/b10-7-,15-12-,19-16-,24-21-,27-25-,33-31-,40-38-,49-46-. The maximum atomic E-state index is 13.2. The molecule has 0 aromatic rings. The number of allylic oxidation sites excluding steroid dienone is 16. The van der Waals surface area contributed by atoms with Crippen LogP contribution in [0.15, 0.2) is 97.2 Å². The summed E-state index contributed by atoms with van der Waals surface area (Å²) in [5.41, 5.74) is 0. The van der Waals surface area contributed by atoms with Crippen LogP contribution in [-0.4, -0.2) is 89.2 Å². The first-order valence-corrected chi connectivity index (χ1v) is 32.2. The molecule has 1 rings (SSSR count). The van der Waals surface area contributed by atoms with Gasteiger partial charge in [-0.2, -0.15) is 0 Å². The number of rotatable bonds is 54. The molecule has 0 bridgehead atoms. The van der Waals surface area contributed by atoms with E-state index < -0.39 is 67.3 Å². The van der Waals surface area contributed by atoms with Gasteiger partial charge in [-0.05, 0) is 83.5 Å². The Kier molecular flexibility index (Phi) is 51.7. The van der Waals surface area contributed by atoms with E-state index in [1.807, 2.05) is 12.2 Å². The molecule has 0 spiro atoms. The molecule has 1 aliphatic heterocycles. The number of hydrogen-bond acceptors (Lipinski definition) is 11. The lowest BCUT2D eigenvalue weighted by atomic mass is 9.98. The molecule has 0 aromatic heterocycles. The first-order valence-electron chi connectivity index (χ1n) is 32.2. The van der Waals surface area contributed by atoms with Crippen LogP contribution in [0.1, 0.15) is 265 Å². The third-order valence-electron chi connectivity index (χ3n) is 14.1. The molecule has 0 aromatic carbocycles. The molecule has 6 unspecified atom stereocenters. The number of aliphatic hydroxyl groups is 2. The van der Waals surface area contributed by atoms with Gasteiger partial charge in [-0.15, -0.1) is 0 Å². The highest BCUT2D eigenvalue weighted by molar-refractivity contribution is 5.74. The Balaban J connectivity index is 2.69. The van der Waals surface area contributed by atoms with E-state index in [0.29, 0.717) is 19.3 Å². The lowest BCUT2D eigenvalue weighted by Crippen LogP contribution is -2.61. The minimum atomic E-state index is -1.92. The quantitative estimate of drug-likeness (QED) is 0.0228. The first kappa shape index (κ1) is 74.7. The molecule has 1 heterocycles. The third kappa shape index (κ3) is 45.8. The minimum absolute atomic E-state index is 0.0517. The van der Waals surface area contributed by atoms with E-state index in [2.05, 4.69) is 106 Å². The van der Waals surface area contributed by atoms with Gasteiger partial charge in [0.15, 0.2) is 24.6 Å². The summed E-state index contributed by atoms with van der Waals surface area (Å²) in [5.74, 6) is -3.25. The van der Waals surface area contributed by atoms with Crippen LogP contribution in [0.2, 0.25) is 0 Å². The SMILES string of the molecule is CC/C=C\C/C=C\C/C=C\C/C=C\C/C=C\C/C=C\CCC(=O)OCC(COC1OC(C(=O)O)C(O)C(O)C1OC(=O)CCCCCCCCCCCCCCCCCCCCC)OC(=O)CCCCCCC/C=C\C/C=C\CCC. The summed E-state index contributed by atoms with van der Waals surface area (Å²) in [6.07, 6.45) is 62.4. The lowest BCUT2D eigenvalue weighted by Gasteiger charge is -2.40. The van der Waals surface area contributed by atoms with Gasteiger partial charge in [0.1, 0.15) is 18.8 Å². The predicted molar refractivity (Wildman–Crippen MR) is 331 cm³/mol. The molecule has 0 saturated carbocycles. The van der Waals surface area contributed by atoms with Crippen molar-refractivity contribution in [2.75, 3.05) is 13.2 Å². The molecule has 1 aliphatic rings. The van der Waals surface area contributed by atoms with Gasteiger partial charge in [0, 0.05) is 19.3 Å². The second-order valence-corrected chi connectivity index (χ2v) is 21.7. The van der Waals surface area contributed by atoms with E-state index in [1.165, 1.54) is 89.9 Å². The first-order chi connectivity index (χ1) is 39.6. The predicted octanol–water partition coefficient (Wildman–Crippen LogP) is 17.2. The Hall–Kier alpha value is -4.36. The van der Waals surface area contributed by atoms with Crippen LogP contribution in [0.4, 0.5) is 0 Å². The Labute approximate surface area is 492 Å². The lowest BCUT2D eigenvalue weighted by molar-refractivity contribution is -0.301. The topological polar surface area (TPSA) is 175 Å². The van der Waals surface area contributed by atoms with Crippen LogP contribution in [0, 0.1) is 0 Å². The zero-order valence-corrected chi connectivity index (χ0v) is 51.0. The van der Waals surface area contributed by atoms with Crippen molar-refractivity contribution in [3.63, 3.8) is 0 Å². The van der Waals surface area contributed by atoms with Crippen molar-refractivity contribution in [2.24, 2.45) is 0 Å². The van der Waals surface area contributed by atoms with E-state index in [-0.39, 0.29) is 25.9 Å². The molecule has 1 fully saturated rings. The van der Waals surface area contributed by atoms with Crippen LogP contribution < -0.4 is 0 Å². The summed E-state index contributed by atoms with van der Waals surface area (Å²) in [6, 6.07) is 0. The zero-order valence-electron chi connectivity index (χ0n) is 51.0. The highest BCUT2D eigenvalue weighted by Gasteiger charge is 2.50. The molecule has 462 valence electrons. The van der Waals surface area contributed by atoms with Gasteiger partial charge in [0.2, 0.25) is 0 Å². The summed E-state index contributed by atoms with van der Waals surface area (Å²) in [4.78, 5) is 51.2. The number of carboxylic acid groups (broad SMARTS) is 1. The third-order valence-corrected chi connectivity index (χ3v) is 14.1. The normalized spacial score (nSPS) is 18.4. The number of carbonyl (C=O) groups is 4. The molecule has 3 N–H and O–H groups in total. The number of carbonyl (C=O) groups excluding carboxylic acids is 3. The van der Waals surface area contributed by atoms with E-state index in [4.69, 9.17) is 23.7 Å². The van der Waals surface area contributed by atoms with Gasteiger partial charge in [-0.25, -0.2) is 4.79 Å². The Morgan fingerprint density at radius 3 is 1.28 bits per heavy atom. The maximum absolute atomic E-state index is 13.2. The molecular formula is C69H114O12. The molecule has 0 aliphatic carbocycles. The largest absolute Gasteiger partial charge is 0.479 e. The number of aliphatic carboxylic acids is 1. The molecule has 1 saturated heterocycles. The summed E-state index contributed by atoms with van der Waals surface area (Å²) < 4.78 is 28.4. The Morgan fingerprint density at radius 2 is 0.827 bits per heavy atom. The maximum Gasteiger partial charge on any atom is 0.335 e. The van der Waals surface area contributed by atoms with Crippen molar-refractivity contribution < 1.29 is 58.2 Å². The summed E-state index contributed by atoms with van der Waals surface area (Å²) in [6.45, 7) is 5.76. The molecule has 81 heavy (non-hydrogen) atoms. The number of hydrogen-bond donors (Lipinski definition) is 3. The van der Waals surface area contributed by atoms with Crippen LogP contribution in [0.3, 0.4) is 0 Å². The molecule has 0 radical (unpaired) electrons. The van der Waals surface area contributed by atoms with E-state index in [9.17, 15) is 34.5 Å². The zero-order chi connectivity index (χ0) is 58.9. The fourth-order valence-electron chi connectivity index (χ4n) is 9.26. The van der Waals surface area contributed by atoms with Crippen molar-refractivity contribution in [3.8, 4) is 0 Å². The Bertz CT molecular complexity index is 1780. The van der Waals surface area contributed by atoms with Gasteiger partial charge in [0.25, 0.3) is 0 Å². The van der Waals surface area contributed by atoms with E-state index in [1.54, 1.807) is 0 Å². The van der Waals surface area contributed by atoms with Gasteiger partial charge < -0.3 is 39.0 Å². The van der Waals surface area contributed by atoms with E-state index in [0.717, 1.165) is 116 Å². The van der Waals surface area contributed by atoms with Crippen molar-refractivity contribution in [1.82, 2.24) is 0 Å². The highest BCUT2D eigenvalue weighted by atomic mass is 16.7. The van der Waals surface area contributed by atoms with Crippen LogP contribution in [-0.2, 0) is 42.9 Å². The van der Waals surface area contributed by atoms with Gasteiger partial charge >= 0.3 is 23.9 Å². The summed E-state index contributed by atoms with van der Waals surface area (Å²) in [5, 5.41) is 31.6. The number of unbranched alkanes of at least 4 members (excludes halogenated alkanes) is 24. The highest BCUT2D eigenvalue weighted by Crippen LogP contribution is 2.26. The number of carboxylic acids is 1. The molecule has 12 nitrogen and oxygen atoms in total. The summed E-state index contributed by atoms with van der Waals surface area (Å²) in [7, 11) is 0. The van der Waals surface area contributed by atoms with E-state index >= 15 is 0 Å². The fraction of sp³-hybridized carbons (Fsp3) is 0.710. The average Bonchev–Trinajstić information content (AvgIpc) is 3.45. The van der Waals surface area contributed by atoms with Crippen LogP contribution in [0.5, 0.6) is 0 Å². The molecule has 6 atom stereocenters. The smallest absolute Gasteiger partial charge is 0.335 e. The molecular weight excluding hydrogens is 1020 g/mol. The summed E-state index contributed by atoms with van der Waals surface area (Å²) >= 11 is 0.